The van der Waals surface area contributed by atoms with E-state index in [-0.39, 0.29) is 5.41 Å². The van der Waals surface area contributed by atoms with Gasteiger partial charge in [-0.1, -0.05) is 133 Å². The molecule has 0 N–H and O–H groups in total. The second-order valence-corrected chi connectivity index (χ2v) is 15.4. The van der Waals surface area contributed by atoms with Gasteiger partial charge in [-0.05, 0) is 109 Å². The average molecular weight is 712 g/mol. The highest BCUT2D eigenvalue weighted by atomic mass is 15.3. The zero-order valence-electron chi connectivity index (χ0n) is 30.0. The van der Waals surface area contributed by atoms with E-state index in [9.17, 15) is 0 Å². The summed E-state index contributed by atoms with van der Waals surface area (Å²) in [4.78, 5) is 10.3. The summed E-state index contributed by atoms with van der Waals surface area (Å²) in [5.41, 5.74) is 22.7. The molecule has 12 aromatic rings. The van der Waals surface area contributed by atoms with Gasteiger partial charge in [0.15, 0.2) is 0 Å². The first-order valence-electron chi connectivity index (χ1n) is 19.3. The van der Waals surface area contributed by atoms with Gasteiger partial charge in [-0.15, -0.1) is 0 Å². The topological polar surface area (TPSA) is 39.0 Å². The van der Waals surface area contributed by atoms with E-state index in [4.69, 9.17) is 9.97 Å². The van der Waals surface area contributed by atoms with E-state index in [0.717, 1.165) is 55.7 Å². The second-order valence-electron chi connectivity index (χ2n) is 15.4. The fourth-order valence-electron chi connectivity index (χ4n) is 10.6. The van der Waals surface area contributed by atoms with Crippen LogP contribution < -0.4 is 0 Å². The molecule has 0 bridgehead atoms. The summed E-state index contributed by atoms with van der Waals surface area (Å²) < 4.78 is 6.83. The molecule has 0 saturated heterocycles. The number of hydrogen-bond acceptors (Lipinski definition) is 2. The summed E-state index contributed by atoms with van der Waals surface area (Å²) in [7, 11) is 0. The third kappa shape index (κ3) is 3.31. The Hall–Kier alpha value is -7.50. The highest BCUT2D eigenvalue weighted by Crippen LogP contribution is 2.63. The van der Waals surface area contributed by atoms with Crippen LogP contribution in [0.4, 0.5) is 0 Å². The number of benzene rings is 8. The first-order valence-corrected chi connectivity index (χ1v) is 19.3. The maximum atomic E-state index is 5.14. The molecule has 0 aliphatic heterocycles. The van der Waals surface area contributed by atoms with Gasteiger partial charge in [-0.3, -0.25) is 8.80 Å². The summed E-state index contributed by atoms with van der Waals surface area (Å²) in [5, 5.41) is 0. The van der Waals surface area contributed by atoms with Crippen LogP contribution in [0.1, 0.15) is 22.3 Å². The predicted molar refractivity (Wildman–Crippen MR) is 226 cm³/mol. The molecule has 258 valence electrons. The molecule has 0 amide bonds. The monoisotopic (exact) mass is 711 g/mol. The van der Waals surface area contributed by atoms with Crippen molar-refractivity contribution in [1.82, 2.24) is 23.2 Å². The molecule has 0 fully saturated rings. The Bertz CT molecular complexity index is 3470. The molecule has 14 rings (SSSR count). The fraction of sp³-hybridized carbons (Fsp3) is 0.0196. The number of fused-ring (bicyclic) bond motifs is 20. The third-order valence-corrected chi connectivity index (χ3v) is 12.8. The van der Waals surface area contributed by atoms with Crippen molar-refractivity contribution < 1.29 is 0 Å². The van der Waals surface area contributed by atoms with Crippen molar-refractivity contribution in [3.8, 4) is 44.5 Å². The molecule has 2 aliphatic rings. The van der Waals surface area contributed by atoms with Crippen LogP contribution in [0.3, 0.4) is 0 Å². The van der Waals surface area contributed by atoms with Crippen LogP contribution in [0, 0.1) is 0 Å². The Balaban J connectivity index is 0.964. The van der Waals surface area contributed by atoms with Gasteiger partial charge in [0.1, 0.15) is 5.52 Å². The summed E-state index contributed by atoms with van der Waals surface area (Å²) in [6, 6.07) is 64.7. The van der Waals surface area contributed by atoms with E-state index in [1.54, 1.807) is 0 Å². The molecule has 0 radical (unpaired) electrons. The highest BCUT2D eigenvalue weighted by Gasteiger charge is 2.51. The van der Waals surface area contributed by atoms with Crippen LogP contribution in [0.25, 0.3) is 94.7 Å². The van der Waals surface area contributed by atoms with E-state index < -0.39 is 0 Å². The first-order chi connectivity index (χ1) is 27.8. The molecule has 5 heteroatoms. The number of para-hydroxylation sites is 4. The molecule has 4 heterocycles. The summed E-state index contributed by atoms with van der Waals surface area (Å²) >= 11 is 0. The lowest BCUT2D eigenvalue weighted by Crippen LogP contribution is -2.25. The van der Waals surface area contributed by atoms with Crippen LogP contribution in [-0.2, 0) is 5.41 Å². The Kier molecular flexibility index (Phi) is 5.15. The van der Waals surface area contributed by atoms with E-state index in [1.165, 1.54) is 61.2 Å². The standard InChI is InChI=1S/C51H29N5/c1-4-14-38-34(11-1)35-12-2-5-15-39(35)51(38)40-16-6-3-13-36(40)37-26-25-32(27-41(37)51)30-21-23-31(24-22-30)33-28-46-48-47(29-33)55-45-20-10-8-18-43(45)53-50(55)56(48)49-52-42-17-7-9-19-44(42)54(46)49/h1-29H. The Labute approximate surface area is 320 Å². The number of rotatable bonds is 2. The van der Waals surface area contributed by atoms with Crippen LogP contribution in [-0.4, -0.2) is 23.2 Å². The van der Waals surface area contributed by atoms with Gasteiger partial charge in [0.25, 0.3) is 0 Å². The molecule has 1 spiro atoms. The lowest BCUT2D eigenvalue weighted by Gasteiger charge is -2.30. The molecule has 4 aromatic heterocycles. The van der Waals surface area contributed by atoms with Crippen molar-refractivity contribution in [3.05, 3.63) is 198 Å². The number of aromatic nitrogens is 5. The van der Waals surface area contributed by atoms with E-state index >= 15 is 0 Å². The molecule has 5 nitrogen and oxygen atoms in total. The normalized spacial score (nSPS) is 13.9. The van der Waals surface area contributed by atoms with Gasteiger partial charge in [0.05, 0.1) is 38.5 Å². The summed E-state index contributed by atoms with van der Waals surface area (Å²) in [6.07, 6.45) is 0. The molecule has 2 aliphatic carbocycles. The average Bonchev–Trinajstić information content (AvgIpc) is 4.08. The zero-order chi connectivity index (χ0) is 36.3. The second kappa shape index (κ2) is 9.97. The van der Waals surface area contributed by atoms with Crippen molar-refractivity contribution in [2.45, 2.75) is 5.41 Å². The van der Waals surface area contributed by atoms with Gasteiger partial charge in [-0.25, -0.2) is 14.4 Å². The highest BCUT2D eigenvalue weighted by molar-refractivity contribution is 6.06. The van der Waals surface area contributed by atoms with Crippen molar-refractivity contribution in [2.24, 2.45) is 0 Å². The number of nitrogens with zero attached hydrogens (tertiary/aromatic N) is 5. The van der Waals surface area contributed by atoms with Crippen LogP contribution in [0.15, 0.2) is 176 Å². The third-order valence-electron chi connectivity index (χ3n) is 12.8. The molecule has 0 atom stereocenters. The van der Waals surface area contributed by atoms with Crippen molar-refractivity contribution in [1.29, 1.82) is 0 Å². The van der Waals surface area contributed by atoms with Gasteiger partial charge >= 0.3 is 0 Å². The Morgan fingerprint density at radius 2 is 0.750 bits per heavy atom. The summed E-state index contributed by atoms with van der Waals surface area (Å²) in [5.74, 6) is 1.76. The Morgan fingerprint density at radius 1 is 0.321 bits per heavy atom. The first kappa shape index (κ1) is 28.9. The molecular formula is C51H29N5. The number of imidazole rings is 4. The molecule has 0 unspecified atom stereocenters. The minimum atomic E-state index is -0.358. The molecule has 56 heavy (non-hydrogen) atoms. The lowest BCUT2D eigenvalue weighted by atomic mass is 9.70. The van der Waals surface area contributed by atoms with Crippen LogP contribution >= 0.6 is 0 Å². The van der Waals surface area contributed by atoms with E-state index in [0.29, 0.717) is 0 Å². The largest absolute Gasteiger partial charge is 0.276 e. The minimum absolute atomic E-state index is 0.358. The van der Waals surface area contributed by atoms with Gasteiger partial charge in [-0.2, -0.15) is 0 Å². The molecule has 8 aromatic carbocycles. The lowest BCUT2D eigenvalue weighted by molar-refractivity contribution is 0.794. The van der Waals surface area contributed by atoms with Crippen molar-refractivity contribution >= 4 is 50.2 Å². The van der Waals surface area contributed by atoms with Gasteiger partial charge < -0.3 is 0 Å². The van der Waals surface area contributed by atoms with Crippen LogP contribution in [0.5, 0.6) is 0 Å². The van der Waals surface area contributed by atoms with Crippen LogP contribution in [0.2, 0.25) is 0 Å². The molecule has 0 saturated carbocycles. The minimum Gasteiger partial charge on any atom is -0.276 e. The Morgan fingerprint density at radius 3 is 1.29 bits per heavy atom. The zero-order valence-corrected chi connectivity index (χ0v) is 30.0. The summed E-state index contributed by atoms with van der Waals surface area (Å²) in [6.45, 7) is 0. The SMILES string of the molecule is c1ccc2c(c1)-c1ccccc1C21c2ccccc2-c2ccc(-c3ccc(-c4cc5c6c(c4)n4c7ccccc7nc4n6c4nc6ccccc6n54)cc3)cc21. The maximum absolute atomic E-state index is 5.14. The van der Waals surface area contributed by atoms with Gasteiger partial charge in [0.2, 0.25) is 11.6 Å². The van der Waals surface area contributed by atoms with Crippen molar-refractivity contribution in [2.75, 3.05) is 0 Å². The quantitative estimate of drug-likeness (QED) is 0.179. The predicted octanol–water partition coefficient (Wildman–Crippen LogP) is 11.8. The van der Waals surface area contributed by atoms with Crippen molar-refractivity contribution in [3.63, 3.8) is 0 Å². The van der Waals surface area contributed by atoms with E-state index in [1.807, 2.05) is 0 Å². The van der Waals surface area contributed by atoms with E-state index in [2.05, 4.69) is 189 Å². The molecular weight excluding hydrogens is 683 g/mol. The fourth-order valence-corrected chi connectivity index (χ4v) is 10.6. The maximum Gasteiger partial charge on any atom is 0.223 e. The number of hydrogen-bond donors (Lipinski definition) is 0. The smallest absolute Gasteiger partial charge is 0.223 e. The van der Waals surface area contributed by atoms with Gasteiger partial charge in [0, 0.05) is 0 Å².